The van der Waals surface area contributed by atoms with Gasteiger partial charge in [0.25, 0.3) is 0 Å². The number of aromatic carboxylic acids is 1. The molecule has 0 spiro atoms. The molecule has 2 rings (SSSR count). The fourth-order valence-corrected chi connectivity index (χ4v) is 2.39. The van der Waals surface area contributed by atoms with Gasteiger partial charge in [-0.25, -0.2) is 19.6 Å². The van der Waals surface area contributed by atoms with Crippen molar-refractivity contribution in [1.82, 2.24) is 25.2 Å². The van der Waals surface area contributed by atoms with E-state index in [2.05, 4.69) is 20.3 Å². The van der Waals surface area contributed by atoms with Gasteiger partial charge in [0.2, 0.25) is 0 Å². The zero-order valence-corrected chi connectivity index (χ0v) is 12.2. The van der Waals surface area contributed by atoms with Crippen LogP contribution >= 0.6 is 11.3 Å². The van der Waals surface area contributed by atoms with Gasteiger partial charge in [-0.2, -0.15) is 0 Å². The Morgan fingerprint density at radius 2 is 2.33 bits per heavy atom. The molecule has 0 aromatic carbocycles. The fraction of sp³-hybridized carbons (Fsp3) is 0.333. The van der Waals surface area contributed by atoms with E-state index in [9.17, 15) is 9.59 Å². The highest BCUT2D eigenvalue weighted by atomic mass is 32.1. The number of carbonyl (C=O) groups is 2. The molecular formula is C12H15N5O3S. The van der Waals surface area contributed by atoms with Crippen molar-refractivity contribution in [3.8, 4) is 0 Å². The molecule has 9 heteroatoms. The number of nitrogens with one attached hydrogen (secondary N) is 2. The van der Waals surface area contributed by atoms with Gasteiger partial charge >= 0.3 is 12.0 Å². The number of urea groups is 1. The minimum atomic E-state index is -1.04. The lowest BCUT2D eigenvalue weighted by atomic mass is 10.4. The molecule has 2 aromatic rings. The van der Waals surface area contributed by atoms with Crippen molar-refractivity contribution in [2.75, 3.05) is 13.6 Å². The smallest absolute Gasteiger partial charge is 0.355 e. The zero-order valence-electron chi connectivity index (χ0n) is 11.4. The molecule has 0 atom stereocenters. The Morgan fingerprint density at radius 1 is 1.52 bits per heavy atom. The molecular weight excluding hydrogens is 294 g/mol. The zero-order chi connectivity index (χ0) is 15.2. The minimum Gasteiger partial charge on any atom is -0.476 e. The lowest BCUT2D eigenvalue weighted by Gasteiger charge is -2.16. The van der Waals surface area contributed by atoms with Crippen molar-refractivity contribution in [3.63, 3.8) is 0 Å². The van der Waals surface area contributed by atoms with E-state index in [0.29, 0.717) is 30.3 Å². The number of aromatic nitrogens is 3. The maximum Gasteiger partial charge on any atom is 0.355 e. The second kappa shape index (κ2) is 6.84. The number of amides is 2. The van der Waals surface area contributed by atoms with Crippen LogP contribution < -0.4 is 5.32 Å². The van der Waals surface area contributed by atoms with Gasteiger partial charge < -0.3 is 20.3 Å². The molecule has 2 heterocycles. The highest BCUT2D eigenvalue weighted by molar-refractivity contribution is 7.09. The van der Waals surface area contributed by atoms with Gasteiger partial charge in [0.05, 0.1) is 11.6 Å². The summed E-state index contributed by atoms with van der Waals surface area (Å²) in [5.41, 5.74) is 0.0382. The third-order valence-corrected chi connectivity index (χ3v) is 3.58. The second-order valence-electron chi connectivity index (χ2n) is 4.31. The van der Waals surface area contributed by atoms with Gasteiger partial charge in [-0.15, -0.1) is 11.3 Å². The van der Waals surface area contributed by atoms with Crippen LogP contribution in [0.2, 0.25) is 0 Å². The van der Waals surface area contributed by atoms with Crippen LogP contribution in [-0.4, -0.2) is 50.6 Å². The Morgan fingerprint density at radius 3 is 2.95 bits per heavy atom. The van der Waals surface area contributed by atoms with E-state index in [1.165, 1.54) is 21.6 Å². The molecule has 21 heavy (non-hydrogen) atoms. The standard InChI is InChI=1S/C12H15N5O3S/c1-17(6-9-13-4-5-14-9)12(20)15-3-2-10-16-8(7-21-10)11(18)19/h4-5,7H,2-3,6H2,1H3,(H,13,14)(H,15,20)(H,18,19). The fourth-order valence-electron chi connectivity index (χ4n) is 1.62. The summed E-state index contributed by atoms with van der Waals surface area (Å²) in [5, 5.41) is 13.7. The van der Waals surface area contributed by atoms with Gasteiger partial charge in [0.1, 0.15) is 5.82 Å². The van der Waals surface area contributed by atoms with Crippen molar-refractivity contribution < 1.29 is 14.7 Å². The first-order valence-electron chi connectivity index (χ1n) is 6.21. The summed E-state index contributed by atoms with van der Waals surface area (Å²) in [6.45, 7) is 0.785. The molecule has 0 aliphatic heterocycles. The van der Waals surface area contributed by atoms with E-state index in [4.69, 9.17) is 5.11 Å². The Balaban J connectivity index is 1.74. The van der Waals surface area contributed by atoms with Crippen LogP contribution in [0.1, 0.15) is 21.3 Å². The first-order valence-corrected chi connectivity index (χ1v) is 7.09. The van der Waals surface area contributed by atoms with Crippen LogP contribution in [0.5, 0.6) is 0 Å². The third-order valence-electron chi connectivity index (χ3n) is 2.67. The second-order valence-corrected chi connectivity index (χ2v) is 5.25. The highest BCUT2D eigenvalue weighted by Gasteiger charge is 2.11. The molecule has 2 aromatic heterocycles. The van der Waals surface area contributed by atoms with Gasteiger partial charge in [0, 0.05) is 37.8 Å². The lowest BCUT2D eigenvalue weighted by Crippen LogP contribution is -2.38. The number of carboxylic acids is 1. The van der Waals surface area contributed by atoms with Crippen molar-refractivity contribution in [2.45, 2.75) is 13.0 Å². The molecule has 3 N–H and O–H groups in total. The predicted molar refractivity (Wildman–Crippen MR) is 76.2 cm³/mol. The quantitative estimate of drug-likeness (QED) is 0.735. The molecule has 0 aliphatic rings. The number of nitrogens with zero attached hydrogens (tertiary/aromatic N) is 3. The van der Waals surface area contributed by atoms with Crippen molar-refractivity contribution in [1.29, 1.82) is 0 Å². The third kappa shape index (κ3) is 4.28. The maximum absolute atomic E-state index is 11.8. The summed E-state index contributed by atoms with van der Waals surface area (Å²) < 4.78 is 0. The molecule has 0 radical (unpaired) electrons. The molecule has 0 unspecified atom stereocenters. The van der Waals surface area contributed by atoms with Gasteiger partial charge in [-0.1, -0.05) is 0 Å². The molecule has 0 saturated heterocycles. The van der Waals surface area contributed by atoms with E-state index in [-0.39, 0.29) is 11.7 Å². The predicted octanol–water partition coefficient (Wildman–Crippen LogP) is 0.949. The summed E-state index contributed by atoms with van der Waals surface area (Å²) in [7, 11) is 1.67. The largest absolute Gasteiger partial charge is 0.476 e. The molecule has 2 amide bonds. The Bertz CT molecular complexity index is 610. The van der Waals surface area contributed by atoms with Crippen molar-refractivity contribution in [2.24, 2.45) is 0 Å². The number of rotatable bonds is 6. The van der Waals surface area contributed by atoms with Gasteiger partial charge in [0.15, 0.2) is 5.69 Å². The topological polar surface area (TPSA) is 111 Å². The molecule has 0 fully saturated rings. The lowest BCUT2D eigenvalue weighted by molar-refractivity contribution is 0.0691. The summed E-state index contributed by atoms with van der Waals surface area (Å²) in [4.78, 5) is 35.0. The number of hydrogen-bond donors (Lipinski definition) is 3. The number of H-pyrrole nitrogens is 1. The van der Waals surface area contributed by atoms with Crippen LogP contribution in [-0.2, 0) is 13.0 Å². The minimum absolute atomic E-state index is 0.0382. The number of imidazole rings is 1. The number of carbonyl (C=O) groups excluding carboxylic acids is 1. The summed E-state index contributed by atoms with van der Waals surface area (Å²) in [6.07, 6.45) is 3.82. The SMILES string of the molecule is CN(Cc1ncc[nH]1)C(=O)NCCc1nc(C(=O)O)cs1. The van der Waals surface area contributed by atoms with Crippen LogP contribution in [0.3, 0.4) is 0 Å². The molecule has 0 aliphatic carbocycles. The molecule has 0 saturated carbocycles. The molecule has 112 valence electrons. The van der Waals surface area contributed by atoms with Crippen molar-refractivity contribution in [3.05, 3.63) is 34.3 Å². The van der Waals surface area contributed by atoms with Crippen LogP contribution in [0, 0.1) is 0 Å². The maximum atomic E-state index is 11.8. The number of thiazole rings is 1. The highest BCUT2D eigenvalue weighted by Crippen LogP contribution is 2.09. The van der Waals surface area contributed by atoms with Gasteiger partial charge in [-0.05, 0) is 0 Å². The average molecular weight is 309 g/mol. The first-order chi connectivity index (χ1) is 10.1. The summed E-state index contributed by atoms with van der Waals surface area (Å²) in [5.74, 6) is -0.335. The Labute approximate surface area is 124 Å². The normalized spacial score (nSPS) is 10.3. The molecule has 0 bridgehead atoms. The van der Waals surface area contributed by atoms with Crippen LogP contribution in [0.4, 0.5) is 4.79 Å². The van der Waals surface area contributed by atoms with Crippen molar-refractivity contribution >= 4 is 23.3 Å². The molecule has 8 nitrogen and oxygen atoms in total. The first kappa shape index (κ1) is 15.0. The number of carboxylic acid groups (broad SMARTS) is 1. The van der Waals surface area contributed by atoms with Crippen LogP contribution in [0.15, 0.2) is 17.8 Å². The van der Waals surface area contributed by atoms with Crippen LogP contribution in [0.25, 0.3) is 0 Å². The van der Waals surface area contributed by atoms with E-state index in [1.54, 1.807) is 19.4 Å². The summed E-state index contributed by atoms with van der Waals surface area (Å²) in [6, 6.07) is -0.221. The van der Waals surface area contributed by atoms with Gasteiger partial charge in [-0.3, -0.25) is 0 Å². The van der Waals surface area contributed by atoms with E-state index < -0.39 is 5.97 Å². The Kier molecular flexibility index (Phi) is 4.88. The van der Waals surface area contributed by atoms with E-state index in [0.717, 1.165) is 0 Å². The summed E-state index contributed by atoms with van der Waals surface area (Å²) >= 11 is 1.27. The Hall–Kier alpha value is -2.42. The van der Waals surface area contributed by atoms with E-state index >= 15 is 0 Å². The number of aromatic amines is 1. The number of hydrogen-bond acceptors (Lipinski definition) is 5. The average Bonchev–Trinajstić information content (AvgIpc) is 3.09. The monoisotopic (exact) mass is 309 g/mol. The van der Waals surface area contributed by atoms with E-state index in [1.807, 2.05) is 0 Å².